The van der Waals surface area contributed by atoms with Crippen LogP contribution >= 0.6 is 11.3 Å². The van der Waals surface area contributed by atoms with Crippen LogP contribution in [-0.4, -0.2) is 69.8 Å². The number of aromatic nitrogens is 1. The zero-order chi connectivity index (χ0) is 25.8. The summed E-state index contributed by atoms with van der Waals surface area (Å²) in [6.45, 7) is 2.24. The highest BCUT2D eigenvalue weighted by atomic mass is 32.2. The molecule has 5 rings (SSSR count). The molecule has 2 fully saturated rings. The van der Waals surface area contributed by atoms with E-state index < -0.39 is 15.7 Å². The van der Waals surface area contributed by atoms with Gasteiger partial charge in [-0.15, -0.1) is 0 Å². The van der Waals surface area contributed by atoms with Gasteiger partial charge in [-0.3, -0.25) is 10.1 Å². The molecule has 0 radical (unpaired) electrons. The predicted molar refractivity (Wildman–Crippen MR) is 141 cm³/mol. The highest BCUT2D eigenvalue weighted by Crippen LogP contribution is 2.33. The van der Waals surface area contributed by atoms with Crippen LogP contribution in [0.1, 0.15) is 24.8 Å². The number of likely N-dealkylation sites (N-methyl/N-ethyl adjacent to an activating group) is 1. The van der Waals surface area contributed by atoms with Crippen molar-refractivity contribution in [1.82, 2.24) is 10.3 Å². The van der Waals surface area contributed by atoms with Crippen molar-refractivity contribution >= 4 is 48.1 Å². The molecule has 2 aliphatic rings. The van der Waals surface area contributed by atoms with Crippen molar-refractivity contribution in [2.24, 2.45) is 5.16 Å². The summed E-state index contributed by atoms with van der Waals surface area (Å²) in [5.41, 5.74) is 1.19. The molecule has 0 unspecified atom stereocenters. The lowest BCUT2D eigenvalue weighted by Gasteiger charge is -2.10. The maximum absolute atomic E-state index is 13.3. The van der Waals surface area contributed by atoms with Gasteiger partial charge in [-0.25, -0.2) is 13.4 Å². The van der Waals surface area contributed by atoms with Gasteiger partial charge in [-0.2, -0.15) is 0 Å². The number of nitrogens with zero attached hydrogens (tertiary/aromatic N) is 2. The fourth-order valence-corrected chi connectivity index (χ4v) is 6.34. The van der Waals surface area contributed by atoms with Crippen LogP contribution < -0.4 is 15.4 Å². The first-order valence-electron chi connectivity index (χ1n) is 12.1. The van der Waals surface area contributed by atoms with E-state index in [0.29, 0.717) is 49.8 Å². The number of thiazole rings is 1. The summed E-state index contributed by atoms with van der Waals surface area (Å²) < 4.78 is 37.0. The number of hydrogen-bond donors (Lipinski definition) is 2. The van der Waals surface area contributed by atoms with Crippen LogP contribution in [0.3, 0.4) is 0 Å². The van der Waals surface area contributed by atoms with Crippen molar-refractivity contribution in [2.45, 2.75) is 35.5 Å². The molecule has 10 nitrogen and oxygen atoms in total. The third-order valence-electron chi connectivity index (χ3n) is 6.02. The molecule has 2 aromatic carbocycles. The van der Waals surface area contributed by atoms with Gasteiger partial charge in [0.15, 0.2) is 26.8 Å². The number of sulfone groups is 1. The maximum Gasteiger partial charge on any atom is 0.280 e. The van der Waals surface area contributed by atoms with Crippen molar-refractivity contribution in [2.75, 3.05) is 38.7 Å². The third kappa shape index (κ3) is 6.09. The standard InChI is InChI=1S/C25H28N4O6S2/c1-26-11-13-34-17-4-9-21-22(14-17)36-25(27-21)28-24(30)23(29-35-18-10-12-33-15-18)16-2-5-19(6-3-16)37(31,32)20-7-8-20/h2-6,9,14,18,20,26H,7-8,10-13,15H2,1H3,(H,27,28,30)/b29-23+/t18-/m1/s1. The van der Waals surface area contributed by atoms with Gasteiger partial charge in [-0.1, -0.05) is 28.6 Å². The number of benzene rings is 2. The second-order valence-electron chi connectivity index (χ2n) is 8.85. The summed E-state index contributed by atoms with van der Waals surface area (Å²) in [5.74, 6) is 0.209. The summed E-state index contributed by atoms with van der Waals surface area (Å²) in [6.07, 6.45) is 1.79. The Bertz CT molecular complexity index is 1390. The highest BCUT2D eigenvalue weighted by Gasteiger charge is 2.36. The molecule has 0 bridgehead atoms. The molecule has 1 aliphatic heterocycles. The molecule has 1 atom stereocenters. The summed E-state index contributed by atoms with van der Waals surface area (Å²) in [7, 11) is -1.48. The smallest absolute Gasteiger partial charge is 0.280 e. The maximum atomic E-state index is 13.3. The first-order chi connectivity index (χ1) is 17.9. The van der Waals surface area contributed by atoms with Gasteiger partial charge in [0.2, 0.25) is 0 Å². The van der Waals surface area contributed by atoms with Crippen molar-refractivity contribution in [3.63, 3.8) is 0 Å². The van der Waals surface area contributed by atoms with Crippen LogP contribution in [0.4, 0.5) is 5.13 Å². The Morgan fingerprint density at radius 2 is 2.00 bits per heavy atom. The number of anilines is 1. The van der Waals surface area contributed by atoms with Gasteiger partial charge in [0.25, 0.3) is 5.91 Å². The van der Waals surface area contributed by atoms with Crippen LogP contribution in [0.2, 0.25) is 0 Å². The largest absolute Gasteiger partial charge is 0.492 e. The van der Waals surface area contributed by atoms with Crippen LogP contribution in [0, 0.1) is 0 Å². The monoisotopic (exact) mass is 544 g/mol. The molecule has 2 heterocycles. The Balaban J connectivity index is 1.36. The predicted octanol–water partition coefficient (Wildman–Crippen LogP) is 2.98. The van der Waals surface area contributed by atoms with Crippen molar-refractivity contribution in [3.05, 3.63) is 48.0 Å². The second kappa shape index (κ2) is 11.1. The number of hydrogen-bond acceptors (Lipinski definition) is 10. The topological polar surface area (TPSA) is 128 Å². The lowest BCUT2D eigenvalue weighted by atomic mass is 10.1. The van der Waals surface area contributed by atoms with Crippen molar-refractivity contribution in [3.8, 4) is 5.75 Å². The normalized spacial score (nSPS) is 18.2. The molecular weight excluding hydrogens is 516 g/mol. The molecule has 196 valence electrons. The van der Waals surface area contributed by atoms with Crippen molar-refractivity contribution in [1.29, 1.82) is 0 Å². The molecule has 1 saturated heterocycles. The molecule has 3 aromatic rings. The number of fused-ring (bicyclic) bond motifs is 1. The summed E-state index contributed by atoms with van der Waals surface area (Å²) in [6, 6.07) is 11.7. The average molecular weight is 545 g/mol. The quantitative estimate of drug-likeness (QED) is 0.214. The number of ether oxygens (including phenoxy) is 2. The second-order valence-corrected chi connectivity index (χ2v) is 12.1. The summed E-state index contributed by atoms with van der Waals surface area (Å²) >= 11 is 1.32. The van der Waals surface area contributed by atoms with E-state index >= 15 is 0 Å². The summed E-state index contributed by atoms with van der Waals surface area (Å²) in [5, 5.41) is 10.1. The number of carbonyl (C=O) groups is 1. The number of rotatable bonds is 11. The van der Waals surface area contributed by atoms with Gasteiger partial charge in [0, 0.05) is 18.5 Å². The molecule has 2 N–H and O–H groups in total. The van der Waals surface area contributed by atoms with Gasteiger partial charge >= 0.3 is 0 Å². The SMILES string of the molecule is CNCCOc1ccc2nc(NC(=O)/C(=N/O[C@@H]3CCOC3)c3ccc(S(=O)(=O)C4CC4)cc3)sc2c1. The van der Waals surface area contributed by atoms with Gasteiger partial charge in [0.05, 0.1) is 33.6 Å². The van der Waals surface area contributed by atoms with E-state index in [4.69, 9.17) is 14.3 Å². The minimum Gasteiger partial charge on any atom is -0.492 e. The first-order valence-corrected chi connectivity index (χ1v) is 14.5. The molecular formula is C25H28N4O6S2. The molecule has 1 saturated carbocycles. The molecule has 37 heavy (non-hydrogen) atoms. The van der Waals surface area contributed by atoms with Crippen molar-refractivity contribution < 1.29 is 27.5 Å². The average Bonchev–Trinajstić information content (AvgIpc) is 3.50. The fourth-order valence-electron chi connectivity index (χ4n) is 3.80. The Hall–Kier alpha value is -3.06. The third-order valence-corrected chi connectivity index (χ3v) is 9.23. The van der Waals surface area contributed by atoms with Gasteiger partial charge in [0.1, 0.15) is 12.4 Å². The Kier molecular flexibility index (Phi) is 7.70. The Morgan fingerprint density at radius 1 is 1.19 bits per heavy atom. The van der Waals surface area contributed by atoms with E-state index in [2.05, 4.69) is 20.8 Å². The highest BCUT2D eigenvalue weighted by molar-refractivity contribution is 7.92. The zero-order valence-corrected chi connectivity index (χ0v) is 21.9. The summed E-state index contributed by atoms with van der Waals surface area (Å²) in [4.78, 5) is 23.6. The Labute approximate surface area is 218 Å². The van der Waals surface area contributed by atoms with E-state index in [9.17, 15) is 13.2 Å². The molecule has 1 aliphatic carbocycles. The zero-order valence-electron chi connectivity index (χ0n) is 20.3. The lowest BCUT2D eigenvalue weighted by molar-refractivity contribution is -0.110. The molecule has 12 heteroatoms. The van der Waals surface area contributed by atoms with Gasteiger partial charge < -0.3 is 19.6 Å². The van der Waals surface area contributed by atoms with Gasteiger partial charge in [-0.05, 0) is 50.2 Å². The molecule has 1 amide bonds. The van der Waals surface area contributed by atoms with E-state index in [1.54, 1.807) is 12.1 Å². The van der Waals surface area contributed by atoms with Crippen LogP contribution in [0.5, 0.6) is 5.75 Å². The number of carbonyl (C=O) groups excluding carboxylic acids is 1. The minimum atomic E-state index is -3.34. The lowest BCUT2D eigenvalue weighted by Crippen LogP contribution is -2.25. The first kappa shape index (κ1) is 25.6. The van der Waals surface area contributed by atoms with Crippen LogP contribution in [-0.2, 0) is 24.2 Å². The van der Waals surface area contributed by atoms with E-state index in [1.807, 2.05) is 25.2 Å². The Morgan fingerprint density at radius 3 is 2.70 bits per heavy atom. The van der Waals surface area contributed by atoms with E-state index in [0.717, 1.165) is 22.5 Å². The minimum absolute atomic E-state index is 0.0256. The van der Waals surface area contributed by atoms with Crippen LogP contribution in [0.15, 0.2) is 52.5 Å². The van der Waals surface area contributed by atoms with E-state index in [-0.39, 0.29) is 22.0 Å². The number of nitrogens with one attached hydrogen (secondary N) is 2. The molecule has 0 spiro atoms. The fraction of sp³-hybridized carbons (Fsp3) is 0.400. The number of amides is 1. The number of oxime groups is 1. The van der Waals surface area contributed by atoms with Crippen LogP contribution in [0.25, 0.3) is 10.2 Å². The van der Waals surface area contributed by atoms with E-state index in [1.165, 1.54) is 23.5 Å². The molecule has 1 aromatic heterocycles.